The highest BCUT2D eigenvalue weighted by Crippen LogP contribution is 2.38. The Hall–Kier alpha value is -2.73. The number of aromatic nitrogens is 1. The summed E-state index contributed by atoms with van der Waals surface area (Å²) in [6, 6.07) is 13.5. The van der Waals surface area contributed by atoms with Crippen molar-refractivity contribution in [1.82, 2.24) is 15.2 Å². The number of carbonyl (C=O) groups is 2. The Bertz CT molecular complexity index is 810. The topological polar surface area (TPSA) is 71.5 Å². The number of hydrogen-bond acceptors (Lipinski definition) is 4. The number of aryl methyl sites for hydroxylation is 1. The van der Waals surface area contributed by atoms with Crippen molar-refractivity contribution in [3.63, 3.8) is 0 Å². The van der Waals surface area contributed by atoms with Crippen LogP contribution in [0.4, 0.5) is 0 Å². The third-order valence-corrected chi connectivity index (χ3v) is 5.10. The van der Waals surface area contributed by atoms with Gasteiger partial charge in [0.25, 0.3) is 0 Å². The molecule has 2 aromatic rings. The summed E-state index contributed by atoms with van der Waals surface area (Å²) in [5.74, 6) is -0.501. The van der Waals surface area contributed by atoms with E-state index in [1.807, 2.05) is 43.3 Å². The Morgan fingerprint density at radius 1 is 1.29 bits per heavy atom. The van der Waals surface area contributed by atoms with Gasteiger partial charge in [-0.2, -0.15) is 0 Å². The van der Waals surface area contributed by atoms with Crippen LogP contribution in [0.3, 0.4) is 0 Å². The number of ether oxygens (including phenoxy) is 1. The van der Waals surface area contributed by atoms with E-state index in [9.17, 15) is 9.59 Å². The minimum absolute atomic E-state index is 0.00608. The molecule has 3 rings (SSSR count). The van der Waals surface area contributed by atoms with Gasteiger partial charge in [-0.05, 0) is 24.6 Å². The van der Waals surface area contributed by atoms with E-state index in [1.54, 1.807) is 18.2 Å². The lowest BCUT2D eigenvalue weighted by molar-refractivity contribution is -0.129. The molecule has 1 saturated heterocycles. The van der Waals surface area contributed by atoms with Gasteiger partial charge in [0.2, 0.25) is 11.8 Å². The van der Waals surface area contributed by atoms with Gasteiger partial charge in [0.1, 0.15) is 0 Å². The predicted molar refractivity (Wildman–Crippen MR) is 107 cm³/mol. The average molecular weight is 381 g/mol. The molecular weight excluding hydrogens is 354 g/mol. The zero-order valence-electron chi connectivity index (χ0n) is 16.4. The molecule has 2 heterocycles. The lowest BCUT2D eigenvalue weighted by Gasteiger charge is -2.28. The van der Waals surface area contributed by atoms with Crippen LogP contribution in [0.25, 0.3) is 0 Å². The quantitative estimate of drug-likeness (QED) is 0.762. The van der Waals surface area contributed by atoms with Crippen molar-refractivity contribution >= 4 is 11.8 Å². The monoisotopic (exact) mass is 381 g/mol. The van der Waals surface area contributed by atoms with Gasteiger partial charge in [0, 0.05) is 44.9 Å². The molecule has 0 bridgehead atoms. The Morgan fingerprint density at radius 2 is 2.14 bits per heavy atom. The second kappa shape index (κ2) is 9.46. The summed E-state index contributed by atoms with van der Waals surface area (Å²) in [4.78, 5) is 31.6. The fraction of sp³-hybridized carbons (Fsp3) is 0.409. The summed E-state index contributed by atoms with van der Waals surface area (Å²) in [5, 5.41) is 3.00. The van der Waals surface area contributed by atoms with Crippen molar-refractivity contribution in [2.24, 2.45) is 5.92 Å². The fourth-order valence-electron chi connectivity index (χ4n) is 3.74. The van der Waals surface area contributed by atoms with Crippen LogP contribution in [0.5, 0.6) is 0 Å². The van der Waals surface area contributed by atoms with Crippen LogP contribution < -0.4 is 5.32 Å². The Labute approximate surface area is 165 Å². The van der Waals surface area contributed by atoms with Gasteiger partial charge in [-0.15, -0.1) is 0 Å². The first-order valence-electron chi connectivity index (χ1n) is 9.62. The maximum atomic E-state index is 12.9. The van der Waals surface area contributed by atoms with E-state index in [2.05, 4.69) is 16.4 Å². The Balaban J connectivity index is 1.73. The number of pyridine rings is 1. The molecule has 2 atom stereocenters. The number of benzene rings is 1. The molecule has 0 spiro atoms. The molecule has 148 valence electrons. The molecule has 1 aliphatic rings. The molecule has 1 aromatic carbocycles. The van der Waals surface area contributed by atoms with Gasteiger partial charge in [0.05, 0.1) is 18.6 Å². The van der Waals surface area contributed by atoms with Gasteiger partial charge in [0.15, 0.2) is 0 Å². The first kappa shape index (κ1) is 20.0. The number of nitrogens with zero attached hydrogens (tertiary/aromatic N) is 2. The predicted octanol–water partition coefficient (Wildman–Crippen LogP) is 2.28. The van der Waals surface area contributed by atoms with Crippen LogP contribution in [-0.2, 0) is 20.7 Å². The molecular formula is C22H27N3O3. The summed E-state index contributed by atoms with van der Waals surface area (Å²) >= 11 is 0. The zero-order chi connectivity index (χ0) is 19.9. The number of amides is 2. The van der Waals surface area contributed by atoms with E-state index in [4.69, 9.17) is 4.74 Å². The minimum Gasteiger partial charge on any atom is -0.383 e. The summed E-state index contributed by atoms with van der Waals surface area (Å²) < 4.78 is 5.17. The number of carbonyl (C=O) groups excluding carboxylic acids is 2. The molecule has 28 heavy (non-hydrogen) atoms. The van der Waals surface area contributed by atoms with E-state index < -0.39 is 5.92 Å². The van der Waals surface area contributed by atoms with Gasteiger partial charge in [-0.1, -0.05) is 35.9 Å². The standard InChI is InChI=1S/C22H27N3O3/c1-16-6-5-7-17(14-16)21-19(15-20(26)25(21)12-13-28-2)22(27)24-11-9-18-8-3-4-10-23-18/h3-8,10,14,19,21H,9,11-13,15H2,1-2H3,(H,24,27)/t19-,21+/m1/s1. The molecule has 1 aliphatic heterocycles. The second-order valence-corrected chi connectivity index (χ2v) is 7.11. The number of rotatable bonds is 8. The lowest BCUT2D eigenvalue weighted by Crippen LogP contribution is -2.37. The van der Waals surface area contributed by atoms with Crippen LogP contribution in [0.2, 0.25) is 0 Å². The third-order valence-electron chi connectivity index (χ3n) is 5.10. The highest BCUT2D eigenvalue weighted by molar-refractivity contribution is 5.90. The molecule has 0 unspecified atom stereocenters. The highest BCUT2D eigenvalue weighted by atomic mass is 16.5. The molecule has 6 heteroatoms. The van der Waals surface area contributed by atoms with Crippen molar-refractivity contribution in [2.75, 3.05) is 26.8 Å². The third kappa shape index (κ3) is 4.75. The van der Waals surface area contributed by atoms with Crippen molar-refractivity contribution in [3.8, 4) is 0 Å². The number of hydrogen-bond donors (Lipinski definition) is 1. The van der Waals surface area contributed by atoms with E-state index in [0.717, 1.165) is 16.8 Å². The van der Waals surface area contributed by atoms with Crippen molar-refractivity contribution in [1.29, 1.82) is 0 Å². The molecule has 0 aliphatic carbocycles. The second-order valence-electron chi connectivity index (χ2n) is 7.11. The molecule has 1 N–H and O–H groups in total. The van der Waals surface area contributed by atoms with E-state index >= 15 is 0 Å². The highest BCUT2D eigenvalue weighted by Gasteiger charge is 2.44. The molecule has 1 fully saturated rings. The van der Waals surface area contributed by atoms with Crippen LogP contribution in [0.15, 0.2) is 48.7 Å². The maximum absolute atomic E-state index is 12.9. The molecule has 0 radical (unpaired) electrons. The average Bonchev–Trinajstić information content (AvgIpc) is 3.03. The normalized spacial score (nSPS) is 19.1. The van der Waals surface area contributed by atoms with E-state index in [-0.39, 0.29) is 24.3 Å². The Kier molecular flexibility index (Phi) is 6.76. The first-order valence-corrected chi connectivity index (χ1v) is 9.62. The Morgan fingerprint density at radius 3 is 2.86 bits per heavy atom. The van der Waals surface area contributed by atoms with E-state index in [1.165, 1.54) is 0 Å². The minimum atomic E-state index is -0.408. The summed E-state index contributed by atoms with van der Waals surface area (Å²) in [6.07, 6.45) is 2.63. The number of methoxy groups -OCH3 is 1. The van der Waals surface area contributed by atoms with Gasteiger partial charge >= 0.3 is 0 Å². The van der Waals surface area contributed by atoms with Gasteiger partial charge in [-0.25, -0.2) is 0 Å². The first-order chi connectivity index (χ1) is 13.6. The molecule has 2 amide bonds. The molecule has 6 nitrogen and oxygen atoms in total. The lowest BCUT2D eigenvalue weighted by atomic mass is 9.92. The smallest absolute Gasteiger partial charge is 0.226 e. The summed E-state index contributed by atoms with van der Waals surface area (Å²) in [6.45, 7) is 3.44. The maximum Gasteiger partial charge on any atom is 0.226 e. The zero-order valence-corrected chi connectivity index (χ0v) is 16.4. The number of nitrogens with one attached hydrogen (secondary N) is 1. The summed E-state index contributed by atoms with van der Waals surface area (Å²) in [5.41, 5.74) is 3.03. The fourth-order valence-corrected chi connectivity index (χ4v) is 3.74. The van der Waals surface area contributed by atoms with Crippen molar-refractivity contribution in [3.05, 3.63) is 65.5 Å². The van der Waals surface area contributed by atoms with Gasteiger partial charge < -0.3 is 15.0 Å². The van der Waals surface area contributed by atoms with Crippen LogP contribution in [0.1, 0.15) is 29.3 Å². The van der Waals surface area contributed by atoms with Crippen molar-refractivity contribution in [2.45, 2.75) is 25.8 Å². The van der Waals surface area contributed by atoms with E-state index in [0.29, 0.717) is 26.1 Å². The SMILES string of the molecule is COCCN1C(=O)C[C@@H](C(=O)NCCc2ccccn2)[C@@H]1c1cccc(C)c1. The summed E-state index contributed by atoms with van der Waals surface area (Å²) in [7, 11) is 1.62. The molecule has 1 aromatic heterocycles. The van der Waals surface area contributed by atoms with Crippen LogP contribution in [0, 0.1) is 12.8 Å². The largest absolute Gasteiger partial charge is 0.383 e. The van der Waals surface area contributed by atoms with Crippen LogP contribution >= 0.6 is 0 Å². The number of likely N-dealkylation sites (tertiary alicyclic amines) is 1. The van der Waals surface area contributed by atoms with Gasteiger partial charge in [-0.3, -0.25) is 14.6 Å². The van der Waals surface area contributed by atoms with Crippen molar-refractivity contribution < 1.29 is 14.3 Å². The molecule has 0 saturated carbocycles. The van der Waals surface area contributed by atoms with Crippen LogP contribution in [-0.4, -0.2) is 48.5 Å².